The highest BCUT2D eigenvalue weighted by atomic mass is 16.1. The molecule has 1 amide bonds. The van der Waals surface area contributed by atoms with Crippen LogP contribution in [0.3, 0.4) is 0 Å². The maximum absolute atomic E-state index is 12.5. The molecule has 3 aromatic rings. The first kappa shape index (κ1) is 16.6. The van der Waals surface area contributed by atoms with E-state index in [4.69, 9.17) is 4.98 Å². The first-order valence-electron chi connectivity index (χ1n) is 9.22. The van der Waals surface area contributed by atoms with Gasteiger partial charge in [-0.15, -0.1) is 0 Å². The lowest BCUT2D eigenvalue weighted by Gasteiger charge is -2.15. The molecule has 0 spiro atoms. The summed E-state index contributed by atoms with van der Waals surface area (Å²) < 4.78 is 2.23. The van der Waals surface area contributed by atoms with Crippen molar-refractivity contribution in [1.29, 1.82) is 0 Å². The van der Waals surface area contributed by atoms with Gasteiger partial charge in [-0.3, -0.25) is 9.36 Å². The molecule has 4 nitrogen and oxygen atoms in total. The van der Waals surface area contributed by atoms with Crippen molar-refractivity contribution in [2.24, 2.45) is 0 Å². The number of nitrogens with zero attached hydrogens (tertiary/aromatic N) is 2. The van der Waals surface area contributed by atoms with Gasteiger partial charge >= 0.3 is 0 Å². The molecule has 1 N–H and O–H groups in total. The zero-order chi connectivity index (χ0) is 17.9. The Kier molecular flexibility index (Phi) is 4.57. The number of fused-ring (bicyclic) bond motifs is 1. The number of para-hydroxylation sites is 1. The molecule has 2 aromatic carbocycles. The largest absolute Gasteiger partial charge is 0.345 e. The third-order valence-corrected chi connectivity index (χ3v) is 4.94. The van der Waals surface area contributed by atoms with E-state index < -0.39 is 0 Å². The van der Waals surface area contributed by atoms with Crippen LogP contribution in [0.4, 0.5) is 0 Å². The van der Waals surface area contributed by atoms with Crippen LogP contribution < -0.4 is 5.32 Å². The normalized spacial score (nSPS) is 13.3. The number of imidazole rings is 1. The molecule has 1 aliphatic rings. The predicted molar refractivity (Wildman–Crippen MR) is 103 cm³/mol. The highest BCUT2D eigenvalue weighted by Gasteiger charge is 2.21. The van der Waals surface area contributed by atoms with Crippen LogP contribution in [-0.4, -0.2) is 15.5 Å². The van der Waals surface area contributed by atoms with Crippen LogP contribution in [0.1, 0.15) is 46.0 Å². The van der Waals surface area contributed by atoms with Crippen molar-refractivity contribution in [3.63, 3.8) is 0 Å². The quantitative estimate of drug-likeness (QED) is 0.777. The molecule has 132 valence electrons. The summed E-state index contributed by atoms with van der Waals surface area (Å²) in [7, 11) is 0. The summed E-state index contributed by atoms with van der Waals surface area (Å²) in [5.41, 5.74) is 5.41. The SMILES string of the molecule is Cc1ccc(C(=O)NCc2nc3c(n2-c2ccccc2)CCCC3)cc1. The molecule has 0 saturated carbocycles. The smallest absolute Gasteiger partial charge is 0.251 e. The molecule has 26 heavy (non-hydrogen) atoms. The van der Waals surface area contributed by atoms with E-state index in [1.165, 1.54) is 24.2 Å². The fraction of sp³-hybridized carbons (Fsp3) is 0.273. The molecule has 0 radical (unpaired) electrons. The van der Waals surface area contributed by atoms with Crippen molar-refractivity contribution < 1.29 is 4.79 Å². The number of aryl methyl sites for hydroxylation is 2. The van der Waals surface area contributed by atoms with Gasteiger partial charge in [0.05, 0.1) is 12.2 Å². The van der Waals surface area contributed by atoms with Crippen LogP contribution in [0.25, 0.3) is 5.69 Å². The Morgan fingerprint density at radius 3 is 2.54 bits per heavy atom. The first-order valence-corrected chi connectivity index (χ1v) is 9.22. The van der Waals surface area contributed by atoms with Gasteiger partial charge in [-0.1, -0.05) is 35.9 Å². The van der Waals surface area contributed by atoms with Crippen LogP contribution in [0.15, 0.2) is 54.6 Å². The van der Waals surface area contributed by atoms with Crippen LogP contribution >= 0.6 is 0 Å². The van der Waals surface area contributed by atoms with E-state index in [9.17, 15) is 4.79 Å². The molecule has 0 atom stereocenters. The third kappa shape index (κ3) is 3.27. The van der Waals surface area contributed by atoms with Gasteiger partial charge in [0.2, 0.25) is 0 Å². The number of hydrogen-bond acceptors (Lipinski definition) is 2. The molecule has 1 aromatic heterocycles. The fourth-order valence-electron chi connectivity index (χ4n) is 3.56. The second-order valence-electron chi connectivity index (χ2n) is 6.85. The molecule has 4 heteroatoms. The number of amides is 1. The fourth-order valence-corrected chi connectivity index (χ4v) is 3.56. The summed E-state index contributed by atoms with van der Waals surface area (Å²) >= 11 is 0. The Bertz CT molecular complexity index is 911. The predicted octanol–water partition coefficient (Wildman–Crippen LogP) is 3.99. The van der Waals surface area contributed by atoms with Gasteiger partial charge in [0, 0.05) is 16.9 Å². The van der Waals surface area contributed by atoms with Crippen molar-refractivity contribution >= 4 is 5.91 Å². The summed E-state index contributed by atoms with van der Waals surface area (Å²) in [6.45, 7) is 2.44. The van der Waals surface area contributed by atoms with E-state index in [0.717, 1.165) is 29.9 Å². The maximum Gasteiger partial charge on any atom is 0.251 e. The van der Waals surface area contributed by atoms with Crippen molar-refractivity contribution in [2.45, 2.75) is 39.2 Å². The minimum atomic E-state index is -0.0643. The second-order valence-corrected chi connectivity index (χ2v) is 6.85. The van der Waals surface area contributed by atoms with Crippen LogP contribution in [-0.2, 0) is 19.4 Å². The lowest BCUT2D eigenvalue weighted by molar-refractivity contribution is 0.0949. The zero-order valence-electron chi connectivity index (χ0n) is 15.0. The first-order chi connectivity index (χ1) is 12.7. The second kappa shape index (κ2) is 7.16. The minimum Gasteiger partial charge on any atom is -0.345 e. The van der Waals surface area contributed by atoms with E-state index in [1.807, 2.05) is 49.4 Å². The lowest BCUT2D eigenvalue weighted by Crippen LogP contribution is -2.24. The Labute approximate surface area is 153 Å². The number of carbonyl (C=O) groups excluding carboxylic acids is 1. The molecular formula is C22H23N3O. The Balaban J connectivity index is 1.61. The molecule has 0 saturated heterocycles. The van der Waals surface area contributed by atoms with E-state index >= 15 is 0 Å². The summed E-state index contributed by atoms with van der Waals surface area (Å²) in [4.78, 5) is 17.3. The van der Waals surface area contributed by atoms with Crippen LogP contribution in [0.2, 0.25) is 0 Å². The average molecular weight is 345 g/mol. The summed E-state index contributed by atoms with van der Waals surface area (Å²) in [6, 6.07) is 17.9. The topological polar surface area (TPSA) is 46.9 Å². The van der Waals surface area contributed by atoms with Gasteiger partial charge in [0.1, 0.15) is 5.82 Å². The van der Waals surface area contributed by atoms with Gasteiger partial charge in [0.25, 0.3) is 5.91 Å². The van der Waals surface area contributed by atoms with Crippen molar-refractivity contribution in [1.82, 2.24) is 14.9 Å². The van der Waals surface area contributed by atoms with E-state index in [1.54, 1.807) is 0 Å². The summed E-state index contributed by atoms with van der Waals surface area (Å²) in [5.74, 6) is 0.842. The van der Waals surface area contributed by atoms with Crippen LogP contribution in [0, 0.1) is 6.92 Å². The summed E-state index contributed by atoms with van der Waals surface area (Å²) in [5, 5.41) is 3.03. The van der Waals surface area contributed by atoms with Gasteiger partial charge in [0.15, 0.2) is 0 Å². The number of nitrogens with one attached hydrogen (secondary N) is 1. The molecule has 0 unspecified atom stereocenters. The zero-order valence-corrected chi connectivity index (χ0v) is 15.0. The number of carbonyl (C=O) groups is 1. The van der Waals surface area contributed by atoms with Gasteiger partial charge in [-0.05, 0) is 56.9 Å². The van der Waals surface area contributed by atoms with Crippen molar-refractivity contribution in [2.75, 3.05) is 0 Å². The van der Waals surface area contributed by atoms with E-state index in [0.29, 0.717) is 12.1 Å². The lowest BCUT2D eigenvalue weighted by atomic mass is 10.0. The molecule has 0 bridgehead atoms. The highest BCUT2D eigenvalue weighted by Crippen LogP contribution is 2.25. The molecule has 0 aliphatic heterocycles. The summed E-state index contributed by atoms with van der Waals surface area (Å²) in [6.07, 6.45) is 4.45. The Hall–Kier alpha value is -2.88. The van der Waals surface area contributed by atoms with E-state index in [-0.39, 0.29) is 5.91 Å². The van der Waals surface area contributed by atoms with Crippen LogP contribution in [0.5, 0.6) is 0 Å². The molecular weight excluding hydrogens is 322 g/mol. The monoisotopic (exact) mass is 345 g/mol. The Morgan fingerprint density at radius 1 is 1.04 bits per heavy atom. The molecule has 4 rings (SSSR count). The Morgan fingerprint density at radius 2 is 1.77 bits per heavy atom. The third-order valence-electron chi connectivity index (χ3n) is 4.94. The molecule has 1 aliphatic carbocycles. The number of aromatic nitrogens is 2. The average Bonchev–Trinajstić information content (AvgIpc) is 3.05. The maximum atomic E-state index is 12.5. The number of benzene rings is 2. The van der Waals surface area contributed by atoms with Gasteiger partial charge in [-0.2, -0.15) is 0 Å². The van der Waals surface area contributed by atoms with Gasteiger partial charge in [-0.25, -0.2) is 4.98 Å². The van der Waals surface area contributed by atoms with E-state index in [2.05, 4.69) is 22.0 Å². The number of hydrogen-bond donors (Lipinski definition) is 1. The van der Waals surface area contributed by atoms with Crippen molar-refractivity contribution in [3.8, 4) is 5.69 Å². The van der Waals surface area contributed by atoms with Crippen molar-refractivity contribution in [3.05, 3.63) is 82.9 Å². The minimum absolute atomic E-state index is 0.0643. The van der Waals surface area contributed by atoms with Gasteiger partial charge < -0.3 is 5.32 Å². The highest BCUT2D eigenvalue weighted by molar-refractivity contribution is 5.94. The molecule has 1 heterocycles. The standard InChI is InChI=1S/C22H23N3O/c1-16-11-13-17(14-12-16)22(26)23-15-21-24-19-9-5-6-10-20(19)25(21)18-7-3-2-4-8-18/h2-4,7-8,11-14H,5-6,9-10,15H2,1H3,(H,23,26). The number of rotatable bonds is 4. The molecule has 0 fully saturated rings.